The maximum atomic E-state index is 6.27. The topological polar surface area (TPSA) is 96.7 Å². The molecule has 2 atom stereocenters. The predicted molar refractivity (Wildman–Crippen MR) is 104 cm³/mol. The van der Waals surface area contributed by atoms with Gasteiger partial charge in [-0.2, -0.15) is 15.2 Å². The van der Waals surface area contributed by atoms with Gasteiger partial charge in [0, 0.05) is 18.2 Å². The summed E-state index contributed by atoms with van der Waals surface area (Å²) < 4.78 is 8.32. The fourth-order valence-electron chi connectivity index (χ4n) is 3.86. The van der Waals surface area contributed by atoms with Crippen LogP contribution in [0.3, 0.4) is 0 Å². The van der Waals surface area contributed by atoms with Crippen molar-refractivity contribution in [2.45, 2.75) is 37.8 Å². The smallest absolute Gasteiger partial charge is 0.303 e. The first kappa shape index (κ1) is 16.9. The Morgan fingerprint density at radius 1 is 1.07 bits per heavy atom. The highest BCUT2D eigenvalue weighted by atomic mass is 16.5. The Hall–Kier alpha value is -3.26. The molecule has 0 radical (unpaired) electrons. The largest absolute Gasteiger partial charge is 0.425 e. The van der Waals surface area contributed by atoms with Crippen LogP contribution in [-0.4, -0.2) is 35.6 Å². The standard InChI is InChI=1S/C20H21N7O/c21-14-5-4-6-15(11-14)26-18-12-19(27-23-9-10-24-27)22-13-17(18)25-20(26)28-16-7-2-1-3-8-16/h1-3,7-10,12-15H,4-6,11,21H2/t14-,15+/m0/s1. The summed E-state index contributed by atoms with van der Waals surface area (Å²) in [4.78, 5) is 10.7. The van der Waals surface area contributed by atoms with Crippen molar-refractivity contribution in [2.75, 3.05) is 0 Å². The fourth-order valence-corrected chi connectivity index (χ4v) is 3.86. The van der Waals surface area contributed by atoms with E-state index in [0.717, 1.165) is 42.5 Å². The summed E-state index contributed by atoms with van der Waals surface area (Å²) >= 11 is 0. The molecule has 0 saturated heterocycles. The summed E-state index contributed by atoms with van der Waals surface area (Å²) in [5.74, 6) is 1.39. The minimum absolute atomic E-state index is 0.190. The number of fused-ring (bicyclic) bond motifs is 1. The molecule has 0 bridgehead atoms. The van der Waals surface area contributed by atoms with Gasteiger partial charge in [0.2, 0.25) is 0 Å². The second-order valence-electron chi connectivity index (χ2n) is 7.11. The molecule has 0 unspecified atom stereocenters. The van der Waals surface area contributed by atoms with E-state index in [-0.39, 0.29) is 12.1 Å². The van der Waals surface area contributed by atoms with Gasteiger partial charge in [-0.05, 0) is 37.8 Å². The van der Waals surface area contributed by atoms with Gasteiger partial charge >= 0.3 is 6.01 Å². The molecule has 3 aromatic heterocycles. The van der Waals surface area contributed by atoms with E-state index >= 15 is 0 Å². The Labute approximate surface area is 162 Å². The molecule has 142 valence electrons. The van der Waals surface area contributed by atoms with Crippen LogP contribution in [0.4, 0.5) is 0 Å². The van der Waals surface area contributed by atoms with Crippen LogP contribution in [0.2, 0.25) is 0 Å². The van der Waals surface area contributed by atoms with Gasteiger partial charge in [-0.25, -0.2) is 4.98 Å². The van der Waals surface area contributed by atoms with Crippen molar-refractivity contribution < 1.29 is 4.74 Å². The summed E-state index contributed by atoms with van der Waals surface area (Å²) in [5, 5.41) is 8.37. The summed E-state index contributed by atoms with van der Waals surface area (Å²) in [7, 11) is 0. The molecular formula is C20H21N7O. The SMILES string of the molecule is N[C@H]1CCC[C@@H](n2c(Oc3ccccc3)nc3cnc(-n4nccn4)cc32)C1. The van der Waals surface area contributed by atoms with Gasteiger partial charge in [-0.3, -0.25) is 4.57 Å². The Morgan fingerprint density at radius 2 is 1.89 bits per heavy atom. The molecule has 1 aliphatic rings. The van der Waals surface area contributed by atoms with E-state index in [2.05, 4.69) is 19.7 Å². The minimum atomic E-state index is 0.190. The van der Waals surface area contributed by atoms with Crippen LogP contribution in [0.1, 0.15) is 31.7 Å². The zero-order valence-corrected chi connectivity index (χ0v) is 15.3. The maximum Gasteiger partial charge on any atom is 0.303 e. The van der Waals surface area contributed by atoms with Crippen LogP contribution < -0.4 is 10.5 Å². The average molecular weight is 375 g/mol. The Balaban J connectivity index is 1.63. The molecule has 8 nitrogen and oxygen atoms in total. The first-order valence-corrected chi connectivity index (χ1v) is 9.51. The minimum Gasteiger partial charge on any atom is -0.425 e. The van der Waals surface area contributed by atoms with Gasteiger partial charge in [0.1, 0.15) is 11.3 Å². The molecular weight excluding hydrogens is 354 g/mol. The lowest BCUT2D eigenvalue weighted by atomic mass is 9.91. The summed E-state index contributed by atoms with van der Waals surface area (Å²) in [6.45, 7) is 0. The molecule has 1 aromatic carbocycles. The molecule has 0 aliphatic heterocycles. The van der Waals surface area contributed by atoms with Gasteiger partial charge in [0.15, 0.2) is 5.82 Å². The number of benzene rings is 1. The van der Waals surface area contributed by atoms with Crippen molar-refractivity contribution in [1.82, 2.24) is 29.5 Å². The second-order valence-corrected chi connectivity index (χ2v) is 7.11. The van der Waals surface area contributed by atoms with Gasteiger partial charge in [-0.15, -0.1) is 4.80 Å². The number of ether oxygens (including phenoxy) is 1. The zero-order valence-electron chi connectivity index (χ0n) is 15.3. The van der Waals surface area contributed by atoms with E-state index in [1.165, 1.54) is 4.80 Å². The highest BCUT2D eigenvalue weighted by Crippen LogP contribution is 2.36. The fraction of sp³-hybridized carbons (Fsp3) is 0.300. The number of hydrogen-bond donors (Lipinski definition) is 1. The van der Waals surface area contributed by atoms with Gasteiger partial charge < -0.3 is 10.5 Å². The lowest BCUT2D eigenvalue weighted by Crippen LogP contribution is -2.29. The highest BCUT2D eigenvalue weighted by Gasteiger charge is 2.26. The number of pyridine rings is 1. The van der Waals surface area contributed by atoms with Crippen molar-refractivity contribution in [3.63, 3.8) is 0 Å². The van der Waals surface area contributed by atoms with Gasteiger partial charge in [-0.1, -0.05) is 18.2 Å². The molecule has 1 aliphatic carbocycles. The third-order valence-corrected chi connectivity index (χ3v) is 5.16. The second kappa shape index (κ2) is 7.05. The van der Waals surface area contributed by atoms with Crippen molar-refractivity contribution >= 4 is 11.0 Å². The normalized spacial score (nSPS) is 19.8. The van der Waals surface area contributed by atoms with E-state index in [4.69, 9.17) is 15.5 Å². The first-order valence-electron chi connectivity index (χ1n) is 9.51. The van der Waals surface area contributed by atoms with Gasteiger partial charge in [0.05, 0.1) is 24.1 Å². The lowest BCUT2D eigenvalue weighted by molar-refractivity contribution is 0.297. The van der Waals surface area contributed by atoms with Crippen LogP contribution in [0.15, 0.2) is 55.0 Å². The number of imidazole rings is 1. The number of hydrogen-bond acceptors (Lipinski definition) is 6. The predicted octanol–water partition coefficient (Wildman–Crippen LogP) is 3.25. The monoisotopic (exact) mass is 375 g/mol. The lowest BCUT2D eigenvalue weighted by Gasteiger charge is -2.29. The van der Waals surface area contributed by atoms with Gasteiger partial charge in [0.25, 0.3) is 0 Å². The number of nitrogens with zero attached hydrogens (tertiary/aromatic N) is 6. The molecule has 2 N–H and O–H groups in total. The quantitative estimate of drug-likeness (QED) is 0.588. The van der Waals surface area contributed by atoms with Crippen molar-refractivity contribution in [3.05, 3.63) is 55.0 Å². The van der Waals surface area contributed by atoms with Crippen molar-refractivity contribution in [3.8, 4) is 17.6 Å². The highest BCUT2D eigenvalue weighted by molar-refractivity contribution is 5.77. The van der Waals surface area contributed by atoms with Crippen LogP contribution in [0.5, 0.6) is 11.8 Å². The zero-order chi connectivity index (χ0) is 18.9. The molecule has 0 amide bonds. The Morgan fingerprint density at radius 3 is 2.68 bits per heavy atom. The molecule has 28 heavy (non-hydrogen) atoms. The molecule has 4 aromatic rings. The third-order valence-electron chi connectivity index (χ3n) is 5.16. The van der Waals surface area contributed by atoms with Crippen LogP contribution in [0, 0.1) is 0 Å². The van der Waals surface area contributed by atoms with E-state index in [1.807, 2.05) is 36.4 Å². The Bertz CT molecular complexity index is 1070. The molecule has 1 fully saturated rings. The van der Waals surface area contributed by atoms with Crippen LogP contribution in [0.25, 0.3) is 16.9 Å². The summed E-state index contributed by atoms with van der Waals surface area (Å²) in [5.41, 5.74) is 8.00. The molecule has 8 heteroatoms. The van der Waals surface area contributed by atoms with E-state index < -0.39 is 0 Å². The summed E-state index contributed by atoms with van der Waals surface area (Å²) in [6.07, 6.45) is 9.10. The van der Waals surface area contributed by atoms with Crippen molar-refractivity contribution in [2.24, 2.45) is 5.73 Å². The average Bonchev–Trinajstić information content (AvgIpc) is 3.36. The number of aromatic nitrogens is 6. The molecule has 3 heterocycles. The van der Waals surface area contributed by atoms with E-state index in [1.54, 1.807) is 18.6 Å². The van der Waals surface area contributed by atoms with Crippen LogP contribution in [-0.2, 0) is 0 Å². The first-order chi connectivity index (χ1) is 13.8. The molecule has 1 saturated carbocycles. The summed E-state index contributed by atoms with van der Waals surface area (Å²) in [6, 6.07) is 12.6. The molecule has 5 rings (SSSR count). The van der Waals surface area contributed by atoms with E-state index in [0.29, 0.717) is 11.8 Å². The number of para-hydroxylation sites is 1. The number of rotatable bonds is 4. The van der Waals surface area contributed by atoms with Crippen LogP contribution >= 0.6 is 0 Å². The third kappa shape index (κ3) is 3.11. The Kier molecular flexibility index (Phi) is 4.25. The maximum absolute atomic E-state index is 6.27. The van der Waals surface area contributed by atoms with E-state index in [9.17, 15) is 0 Å². The molecule has 0 spiro atoms. The van der Waals surface area contributed by atoms with Crippen molar-refractivity contribution in [1.29, 1.82) is 0 Å². The number of nitrogens with two attached hydrogens (primary N) is 1.